The second-order valence-corrected chi connectivity index (χ2v) is 6.78. The molecule has 7 heteroatoms. The van der Waals surface area contributed by atoms with E-state index in [-0.39, 0.29) is 30.1 Å². The Kier molecular flexibility index (Phi) is 5.01. The number of likely N-dealkylation sites (tertiary alicyclic amines) is 1. The van der Waals surface area contributed by atoms with E-state index in [4.69, 9.17) is 9.47 Å². The van der Waals surface area contributed by atoms with Crippen LogP contribution in [-0.4, -0.2) is 48.7 Å². The van der Waals surface area contributed by atoms with Crippen molar-refractivity contribution in [2.75, 3.05) is 19.8 Å². The largest absolute Gasteiger partial charge is 0.486 e. The van der Waals surface area contributed by atoms with Crippen LogP contribution >= 0.6 is 0 Å². The third-order valence-electron chi connectivity index (χ3n) is 4.53. The molecule has 0 bridgehead atoms. The molecule has 136 valence electrons. The molecule has 2 N–H and O–H groups in total. The fourth-order valence-corrected chi connectivity index (χ4v) is 3.16. The van der Waals surface area contributed by atoms with E-state index >= 15 is 0 Å². The Morgan fingerprint density at radius 3 is 2.60 bits per heavy atom. The summed E-state index contributed by atoms with van der Waals surface area (Å²) in [5.74, 6) is 1.51. The molecule has 1 fully saturated rings. The second-order valence-electron chi connectivity index (χ2n) is 6.78. The van der Waals surface area contributed by atoms with Gasteiger partial charge in [0.1, 0.15) is 13.2 Å². The number of carbonyl (C=O) groups excluding carboxylic acids is 2. The van der Waals surface area contributed by atoms with Gasteiger partial charge in [-0.05, 0) is 38.5 Å². The topological polar surface area (TPSA) is 79.9 Å². The molecule has 0 radical (unpaired) electrons. The zero-order valence-electron chi connectivity index (χ0n) is 14.9. The fraction of sp³-hybridized carbons (Fsp3) is 0.556. The van der Waals surface area contributed by atoms with Crippen LogP contribution in [0.3, 0.4) is 0 Å². The molecule has 0 saturated carbocycles. The molecule has 3 amide bonds. The van der Waals surface area contributed by atoms with Gasteiger partial charge in [-0.3, -0.25) is 4.79 Å². The maximum atomic E-state index is 12.2. The van der Waals surface area contributed by atoms with Crippen LogP contribution in [0.5, 0.6) is 11.5 Å². The lowest BCUT2D eigenvalue weighted by Crippen LogP contribution is -2.44. The average Bonchev–Trinajstić information content (AvgIpc) is 2.94. The maximum absolute atomic E-state index is 12.2. The van der Waals surface area contributed by atoms with Gasteiger partial charge in [0.2, 0.25) is 5.91 Å². The van der Waals surface area contributed by atoms with Crippen molar-refractivity contribution in [1.29, 1.82) is 0 Å². The van der Waals surface area contributed by atoms with E-state index in [0.717, 1.165) is 11.3 Å². The average molecular weight is 347 g/mol. The van der Waals surface area contributed by atoms with Crippen LogP contribution in [0.15, 0.2) is 18.2 Å². The van der Waals surface area contributed by atoms with Gasteiger partial charge in [0.15, 0.2) is 11.5 Å². The van der Waals surface area contributed by atoms with Gasteiger partial charge in [0.25, 0.3) is 0 Å². The van der Waals surface area contributed by atoms with Crippen LogP contribution in [-0.2, 0) is 4.79 Å². The van der Waals surface area contributed by atoms with Crippen molar-refractivity contribution in [3.05, 3.63) is 23.8 Å². The molecule has 0 aromatic heterocycles. The molecule has 2 heterocycles. The van der Waals surface area contributed by atoms with Crippen LogP contribution in [0.4, 0.5) is 4.79 Å². The van der Waals surface area contributed by atoms with Gasteiger partial charge in [-0.2, -0.15) is 0 Å². The van der Waals surface area contributed by atoms with Crippen LogP contribution in [0.2, 0.25) is 0 Å². The summed E-state index contributed by atoms with van der Waals surface area (Å²) >= 11 is 0. The molecule has 1 aromatic carbocycles. The number of ether oxygens (including phenoxy) is 2. The van der Waals surface area contributed by atoms with E-state index in [0.29, 0.717) is 31.9 Å². The third-order valence-corrected chi connectivity index (χ3v) is 4.53. The molecule has 3 rings (SSSR count). The van der Waals surface area contributed by atoms with E-state index in [1.54, 1.807) is 4.90 Å². The Bertz CT molecular complexity index is 662. The number of hydrogen-bond donors (Lipinski definition) is 2. The van der Waals surface area contributed by atoms with Gasteiger partial charge < -0.3 is 25.0 Å². The van der Waals surface area contributed by atoms with Crippen molar-refractivity contribution < 1.29 is 19.1 Å². The first-order valence-electron chi connectivity index (χ1n) is 8.70. The molecule has 1 aromatic rings. The number of fused-ring (bicyclic) bond motifs is 1. The first-order valence-corrected chi connectivity index (χ1v) is 8.70. The van der Waals surface area contributed by atoms with Crippen LogP contribution in [0, 0.1) is 0 Å². The molecule has 25 heavy (non-hydrogen) atoms. The number of hydrogen-bond acceptors (Lipinski definition) is 4. The predicted molar refractivity (Wildman–Crippen MR) is 92.8 cm³/mol. The minimum Gasteiger partial charge on any atom is -0.486 e. The van der Waals surface area contributed by atoms with E-state index in [1.807, 2.05) is 39.0 Å². The van der Waals surface area contributed by atoms with Crippen molar-refractivity contribution >= 4 is 11.9 Å². The second kappa shape index (κ2) is 7.21. The molecule has 2 unspecified atom stereocenters. The molecule has 1 saturated heterocycles. The van der Waals surface area contributed by atoms with Gasteiger partial charge in [0.05, 0.1) is 12.1 Å². The van der Waals surface area contributed by atoms with E-state index in [1.165, 1.54) is 0 Å². The van der Waals surface area contributed by atoms with E-state index in [2.05, 4.69) is 10.6 Å². The molecular weight excluding hydrogens is 322 g/mol. The molecule has 2 atom stereocenters. The van der Waals surface area contributed by atoms with Gasteiger partial charge in [-0.25, -0.2) is 4.79 Å². The maximum Gasteiger partial charge on any atom is 0.315 e. The summed E-state index contributed by atoms with van der Waals surface area (Å²) in [7, 11) is 0. The van der Waals surface area contributed by atoms with E-state index < -0.39 is 0 Å². The highest BCUT2D eigenvalue weighted by Gasteiger charge is 2.32. The number of rotatable bonds is 4. The standard InChI is InChI=1S/C18H25N3O4/c1-11(2)21-10-14(9-17(21)22)20-18(23)19-12(3)13-4-5-15-16(8-13)25-7-6-24-15/h4-5,8,11-12,14H,6-7,9-10H2,1-3H3,(H2,19,20,23). The normalized spacial score (nSPS) is 20.6. The molecule has 7 nitrogen and oxygen atoms in total. The first kappa shape index (κ1) is 17.4. The minimum absolute atomic E-state index is 0.0835. The van der Waals surface area contributed by atoms with Crippen LogP contribution in [0.25, 0.3) is 0 Å². The number of nitrogens with one attached hydrogen (secondary N) is 2. The lowest BCUT2D eigenvalue weighted by atomic mass is 10.1. The lowest BCUT2D eigenvalue weighted by Gasteiger charge is -2.22. The van der Waals surface area contributed by atoms with E-state index in [9.17, 15) is 9.59 Å². The third kappa shape index (κ3) is 3.97. The summed E-state index contributed by atoms with van der Waals surface area (Å²) in [6.07, 6.45) is 0.351. The SMILES string of the molecule is CC(NC(=O)NC1CC(=O)N(C(C)C)C1)c1ccc2c(c1)OCCO2. The summed E-state index contributed by atoms with van der Waals surface area (Å²) in [5, 5.41) is 5.80. The van der Waals surface area contributed by atoms with Crippen LogP contribution in [0.1, 0.15) is 38.8 Å². The van der Waals surface area contributed by atoms with Crippen LogP contribution < -0.4 is 20.1 Å². The van der Waals surface area contributed by atoms with Gasteiger partial charge in [-0.1, -0.05) is 6.07 Å². The monoisotopic (exact) mass is 347 g/mol. The Labute approximate surface area is 147 Å². The Balaban J connectivity index is 1.55. The predicted octanol–water partition coefficient (Wildman–Crippen LogP) is 1.83. The van der Waals surface area contributed by atoms with Gasteiger partial charge >= 0.3 is 6.03 Å². The zero-order chi connectivity index (χ0) is 18.0. The molecule has 2 aliphatic heterocycles. The lowest BCUT2D eigenvalue weighted by molar-refractivity contribution is -0.129. The quantitative estimate of drug-likeness (QED) is 0.871. The number of benzene rings is 1. The Morgan fingerprint density at radius 2 is 1.92 bits per heavy atom. The zero-order valence-corrected chi connectivity index (χ0v) is 14.9. The molecule has 0 spiro atoms. The Morgan fingerprint density at radius 1 is 1.20 bits per heavy atom. The summed E-state index contributed by atoms with van der Waals surface area (Å²) < 4.78 is 11.1. The first-order chi connectivity index (χ1) is 11.9. The molecular formula is C18H25N3O4. The smallest absolute Gasteiger partial charge is 0.315 e. The fourth-order valence-electron chi connectivity index (χ4n) is 3.16. The van der Waals surface area contributed by atoms with Crippen molar-refractivity contribution in [2.45, 2.75) is 45.3 Å². The van der Waals surface area contributed by atoms with Gasteiger partial charge in [-0.15, -0.1) is 0 Å². The highest BCUT2D eigenvalue weighted by atomic mass is 16.6. The summed E-state index contributed by atoms with van der Waals surface area (Å²) in [6.45, 7) is 7.50. The Hall–Kier alpha value is -2.44. The summed E-state index contributed by atoms with van der Waals surface area (Å²) in [4.78, 5) is 25.9. The summed E-state index contributed by atoms with van der Waals surface area (Å²) in [6, 6.07) is 5.20. The minimum atomic E-state index is -0.272. The van der Waals surface area contributed by atoms with Crippen molar-refractivity contribution in [2.24, 2.45) is 0 Å². The summed E-state index contributed by atoms with van der Waals surface area (Å²) in [5.41, 5.74) is 0.936. The highest BCUT2D eigenvalue weighted by Crippen LogP contribution is 2.32. The highest BCUT2D eigenvalue weighted by molar-refractivity contribution is 5.82. The van der Waals surface area contributed by atoms with Gasteiger partial charge in [0, 0.05) is 19.0 Å². The number of amides is 3. The molecule has 2 aliphatic rings. The molecule has 0 aliphatic carbocycles. The number of urea groups is 1. The van der Waals surface area contributed by atoms with Crippen molar-refractivity contribution in [1.82, 2.24) is 15.5 Å². The number of carbonyl (C=O) groups is 2. The van der Waals surface area contributed by atoms with Crippen molar-refractivity contribution in [3.63, 3.8) is 0 Å². The number of nitrogens with zero attached hydrogens (tertiary/aromatic N) is 1. The van der Waals surface area contributed by atoms with Crippen molar-refractivity contribution in [3.8, 4) is 11.5 Å².